The lowest BCUT2D eigenvalue weighted by molar-refractivity contribution is -0.118. The number of anilines is 1. The van der Waals surface area contributed by atoms with Crippen molar-refractivity contribution in [3.8, 4) is 28.7 Å². The van der Waals surface area contributed by atoms with Crippen molar-refractivity contribution < 1.29 is 28.5 Å². The van der Waals surface area contributed by atoms with Crippen LogP contribution in [0.2, 0.25) is 0 Å². The Morgan fingerprint density at radius 1 is 1.04 bits per heavy atom. The normalized spacial score (nSPS) is 11.8. The van der Waals surface area contributed by atoms with Crippen molar-refractivity contribution in [3.63, 3.8) is 0 Å². The molecule has 24 heavy (non-hydrogen) atoms. The molecule has 1 aliphatic rings. The standard InChI is InChI=1S/C17H17NO6/c1-20-11-3-5-13(15(7-11)21-2)18-17(19)9-22-12-4-6-14-16(8-12)24-10-23-14/h3-8H,9-10H2,1-2H3,(H,18,19). The number of amides is 1. The molecule has 0 fully saturated rings. The summed E-state index contributed by atoms with van der Waals surface area (Å²) in [6.07, 6.45) is 0. The summed E-state index contributed by atoms with van der Waals surface area (Å²) in [5.74, 6) is 2.62. The van der Waals surface area contributed by atoms with Crippen molar-refractivity contribution in [1.82, 2.24) is 0 Å². The highest BCUT2D eigenvalue weighted by Gasteiger charge is 2.15. The monoisotopic (exact) mass is 331 g/mol. The summed E-state index contributed by atoms with van der Waals surface area (Å²) in [6, 6.07) is 10.3. The summed E-state index contributed by atoms with van der Waals surface area (Å²) in [5.41, 5.74) is 0.539. The molecule has 2 aromatic rings. The molecule has 2 aromatic carbocycles. The van der Waals surface area contributed by atoms with E-state index in [4.69, 9.17) is 23.7 Å². The minimum atomic E-state index is -0.309. The number of ether oxygens (including phenoxy) is 5. The smallest absolute Gasteiger partial charge is 0.262 e. The summed E-state index contributed by atoms with van der Waals surface area (Å²) >= 11 is 0. The third kappa shape index (κ3) is 3.45. The molecule has 1 heterocycles. The Labute approximate surface area is 139 Å². The molecule has 1 N–H and O–H groups in total. The first-order chi connectivity index (χ1) is 11.7. The van der Waals surface area contributed by atoms with Gasteiger partial charge in [-0.25, -0.2) is 0 Å². The molecule has 0 unspecified atom stereocenters. The number of fused-ring (bicyclic) bond motifs is 1. The quantitative estimate of drug-likeness (QED) is 0.876. The van der Waals surface area contributed by atoms with Crippen molar-refractivity contribution in [2.75, 3.05) is 32.9 Å². The van der Waals surface area contributed by atoms with Gasteiger partial charge in [-0.3, -0.25) is 4.79 Å². The fraction of sp³-hybridized carbons (Fsp3) is 0.235. The van der Waals surface area contributed by atoms with E-state index >= 15 is 0 Å². The SMILES string of the molecule is COc1ccc(NC(=O)COc2ccc3c(c2)OCO3)c(OC)c1. The Bertz CT molecular complexity index is 746. The minimum Gasteiger partial charge on any atom is -0.497 e. The predicted octanol–water partition coefficient (Wildman–Crippen LogP) is 2.45. The van der Waals surface area contributed by atoms with Crippen LogP contribution in [0.4, 0.5) is 5.69 Å². The van der Waals surface area contributed by atoms with E-state index in [2.05, 4.69) is 5.32 Å². The van der Waals surface area contributed by atoms with Gasteiger partial charge < -0.3 is 29.0 Å². The highest BCUT2D eigenvalue weighted by molar-refractivity contribution is 5.93. The van der Waals surface area contributed by atoms with Crippen molar-refractivity contribution in [3.05, 3.63) is 36.4 Å². The summed E-state index contributed by atoms with van der Waals surface area (Å²) in [6.45, 7) is 0.0470. The van der Waals surface area contributed by atoms with Gasteiger partial charge in [0.15, 0.2) is 18.1 Å². The summed E-state index contributed by atoms with van der Waals surface area (Å²) < 4.78 is 26.3. The molecule has 0 aromatic heterocycles. The number of carbonyl (C=O) groups excluding carboxylic acids is 1. The molecule has 0 saturated carbocycles. The first-order valence-corrected chi connectivity index (χ1v) is 7.24. The Hall–Kier alpha value is -3.09. The Kier molecular flexibility index (Phi) is 4.60. The largest absolute Gasteiger partial charge is 0.497 e. The van der Waals surface area contributed by atoms with Crippen molar-refractivity contribution in [2.24, 2.45) is 0 Å². The molecule has 7 heteroatoms. The van der Waals surface area contributed by atoms with Gasteiger partial charge in [0.1, 0.15) is 17.2 Å². The van der Waals surface area contributed by atoms with Crippen LogP contribution in [0.3, 0.4) is 0 Å². The molecule has 1 aliphatic heterocycles. The first kappa shape index (κ1) is 15.8. The second kappa shape index (κ2) is 6.99. The van der Waals surface area contributed by atoms with Crippen molar-refractivity contribution in [2.45, 2.75) is 0 Å². The van der Waals surface area contributed by atoms with E-state index in [1.165, 1.54) is 7.11 Å². The van der Waals surface area contributed by atoms with Crippen LogP contribution in [0, 0.1) is 0 Å². The average molecular weight is 331 g/mol. The van der Waals surface area contributed by atoms with Gasteiger partial charge in [-0.05, 0) is 24.3 Å². The number of methoxy groups -OCH3 is 2. The van der Waals surface area contributed by atoms with E-state index in [0.717, 1.165) is 0 Å². The molecule has 0 radical (unpaired) electrons. The number of benzene rings is 2. The molecule has 0 spiro atoms. The fourth-order valence-corrected chi connectivity index (χ4v) is 2.20. The molecule has 7 nitrogen and oxygen atoms in total. The third-order valence-electron chi connectivity index (χ3n) is 3.40. The van der Waals surface area contributed by atoms with E-state index in [-0.39, 0.29) is 19.3 Å². The molecule has 126 valence electrons. The molecule has 0 saturated heterocycles. The molecule has 0 aliphatic carbocycles. The van der Waals surface area contributed by atoms with Crippen LogP contribution in [0.5, 0.6) is 28.7 Å². The van der Waals surface area contributed by atoms with E-state index < -0.39 is 0 Å². The summed E-state index contributed by atoms with van der Waals surface area (Å²) in [4.78, 5) is 12.1. The lowest BCUT2D eigenvalue weighted by Gasteiger charge is -2.12. The van der Waals surface area contributed by atoms with Gasteiger partial charge in [0, 0.05) is 12.1 Å². The van der Waals surface area contributed by atoms with Crippen LogP contribution < -0.4 is 29.0 Å². The Morgan fingerprint density at radius 3 is 2.62 bits per heavy atom. The van der Waals surface area contributed by atoms with Crippen LogP contribution in [0.25, 0.3) is 0 Å². The van der Waals surface area contributed by atoms with Crippen LogP contribution in [-0.4, -0.2) is 33.5 Å². The van der Waals surface area contributed by atoms with Gasteiger partial charge >= 0.3 is 0 Å². The van der Waals surface area contributed by atoms with Crippen LogP contribution in [-0.2, 0) is 4.79 Å². The predicted molar refractivity (Wildman–Crippen MR) is 86.2 cm³/mol. The van der Waals surface area contributed by atoms with Gasteiger partial charge in [-0.1, -0.05) is 0 Å². The van der Waals surface area contributed by atoms with E-state index in [1.54, 1.807) is 43.5 Å². The lowest BCUT2D eigenvalue weighted by Crippen LogP contribution is -2.20. The fourth-order valence-electron chi connectivity index (χ4n) is 2.20. The van der Waals surface area contributed by atoms with Crippen molar-refractivity contribution in [1.29, 1.82) is 0 Å². The maximum Gasteiger partial charge on any atom is 0.262 e. The molecular formula is C17H17NO6. The highest BCUT2D eigenvalue weighted by Crippen LogP contribution is 2.35. The van der Waals surface area contributed by atoms with Crippen LogP contribution >= 0.6 is 0 Å². The number of carbonyl (C=O) groups is 1. The summed E-state index contributed by atoms with van der Waals surface area (Å²) in [5, 5.41) is 2.73. The van der Waals surface area contributed by atoms with E-state index in [0.29, 0.717) is 34.4 Å². The second-order valence-electron chi connectivity index (χ2n) is 4.92. The van der Waals surface area contributed by atoms with Gasteiger partial charge in [0.2, 0.25) is 6.79 Å². The number of hydrogen-bond donors (Lipinski definition) is 1. The maximum atomic E-state index is 12.1. The first-order valence-electron chi connectivity index (χ1n) is 7.24. The highest BCUT2D eigenvalue weighted by atomic mass is 16.7. The number of nitrogens with one attached hydrogen (secondary N) is 1. The van der Waals surface area contributed by atoms with Crippen LogP contribution in [0.15, 0.2) is 36.4 Å². The number of hydrogen-bond acceptors (Lipinski definition) is 6. The van der Waals surface area contributed by atoms with Crippen LogP contribution in [0.1, 0.15) is 0 Å². The minimum absolute atomic E-state index is 0.144. The second-order valence-corrected chi connectivity index (χ2v) is 4.92. The Balaban J connectivity index is 1.60. The number of rotatable bonds is 6. The molecule has 0 bridgehead atoms. The third-order valence-corrected chi connectivity index (χ3v) is 3.40. The lowest BCUT2D eigenvalue weighted by atomic mass is 10.2. The zero-order chi connectivity index (χ0) is 16.9. The zero-order valence-electron chi connectivity index (χ0n) is 13.3. The van der Waals surface area contributed by atoms with Gasteiger partial charge in [-0.2, -0.15) is 0 Å². The molecule has 1 amide bonds. The topological polar surface area (TPSA) is 75.3 Å². The average Bonchev–Trinajstić information content (AvgIpc) is 3.08. The zero-order valence-corrected chi connectivity index (χ0v) is 13.3. The van der Waals surface area contributed by atoms with E-state index in [1.807, 2.05) is 0 Å². The van der Waals surface area contributed by atoms with Gasteiger partial charge in [-0.15, -0.1) is 0 Å². The van der Waals surface area contributed by atoms with Gasteiger partial charge in [0.25, 0.3) is 5.91 Å². The Morgan fingerprint density at radius 2 is 1.83 bits per heavy atom. The molecule has 0 atom stereocenters. The molecule has 3 rings (SSSR count). The van der Waals surface area contributed by atoms with Crippen molar-refractivity contribution >= 4 is 11.6 Å². The maximum absolute atomic E-state index is 12.1. The van der Waals surface area contributed by atoms with Gasteiger partial charge in [0.05, 0.1) is 19.9 Å². The summed E-state index contributed by atoms with van der Waals surface area (Å²) in [7, 11) is 3.08. The van der Waals surface area contributed by atoms with E-state index in [9.17, 15) is 4.79 Å². The molecular weight excluding hydrogens is 314 g/mol.